The topological polar surface area (TPSA) is 49.9 Å². The fourth-order valence-electron chi connectivity index (χ4n) is 2.92. The summed E-state index contributed by atoms with van der Waals surface area (Å²) in [6, 6.07) is -0.368. The fraction of sp³-hybridized carbons (Fsp3) is 0.857. The lowest BCUT2D eigenvalue weighted by Gasteiger charge is -2.39. The highest BCUT2D eigenvalue weighted by Gasteiger charge is 2.35. The lowest BCUT2D eigenvalue weighted by molar-refractivity contribution is -0.147. The summed E-state index contributed by atoms with van der Waals surface area (Å²) in [4.78, 5) is 27.9. The van der Waals surface area contributed by atoms with E-state index in [2.05, 4.69) is 6.92 Å². The Morgan fingerprint density at radius 2 is 1.74 bits per heavy atom. The Balaban J connectivity index is 2.01. The number of nitrogens with zero attached hydrogens (tertiary/aromatic N) is 2. The van der Waals surface area contributed by atoms with E-state index in [1.165, 1.54) is 7.11 Å². The number of amides is 2. The van der Waals surface area contributed by atoms with Gasteiger partial charge in [-0.3, -0.25) is 0 Å². The number of carbonyl (C=O) groups excluding carboxylic acids is 2. The molecule has 108 valence electrons. The van der Waals surface area contributed by atoms with Gasteiger partial charge in [0.25, 0.3) is 0 Å². The molecule has 0 bridgehead atoms. The molecule has 1 atom stereocenters. The second-order valence-electron chi connectivity index (χ2n) is 5.68. The second-order valence-corrected chi connectivity index (χ2v) is 5.68. The Morgan fingerprint density at radius 1 is 1.05 bits per heavy atom. The molecule has 5 heteroatoms. The molecule has 0 spiro atoms. The highest BCUT2D eigenvalue weighted by atomic mass is 16.5. The van der Waals surface area contributed by atoms with Gasteiger partial charge in [0.15, 0.2) is 0 Å². The predicted octanol–water partition coefficient (Wildman–Crippen LogP) is 1.87. The van der Waals surface area contributed by atoms with Crippen molar-refractivity contribution in [3.63, 3.8) is 0 Å². The van der Waals surface area contributed by atoms with Crippen LogP contribution in [0.2, 0.25) is 0 Å². The van der Waals surface area contributed by atoms with Crippen molar-refractivity contribution in [2.24, 2.45) is 5.92 Å². The normalized spacial score (nSPS) is 25.3. The van der Waals surface area contributed by atoms with Gasteiger partial charge >= 0.3 is 12.0 Å². The summed E-state index contributed by atoms with van der Waals surface area (Å²) in [6.07, 6.45) is 4.80. The molecule has 0 aromatic rings. The first-order valence-electron chi connectivity index (χ1n) is 7.27. The van der Waals surface area contributed by atoms with E-state index >= 15 is 0 Å². The lowest BCUT2D eigenvalue weighted by atomic mass is 9.99. The van der Waals surface area contributed by atoms with Crippen LogP contribution in [0.3, 0.4) is 0 Å². The molecular weight excluding hydrogens is 244 g/mol. The number of urea groups is 1. The van der Waals surface area contributed by atoms with Gasteiger partial charge in [0, 0.05) is 19.6 Å². The van der Waals surface area contributed by atoms with Gasteiger partial charge in [-0.2, -0.15) is 0 Å². The summed E-state index contributed by atoms with van der Waals surface area (Å²) in [5.74, 6) is 0.417. The number of hydrogen-bond donors (Lipinski definition) is 0. The maximum atomic E-state index is 12.5. The first-order chi connectivity index (χ1) is 9.13. The molecule has 19 heavy (non-hydrogen) atoms. The van der Waals surface area contributed by atoms with Crippen LogP contribution in [0.15, 0.2) is 0 Å². The number of hydrogen-bond acceptors (Lipinski definition) is 3. The number of methoxy groups -OCH3 is 1. The van der Waals surface area contributed by atoms with Gasteiger partial charge in [-0.1, -0.05) is 6.92 Å². The van der Waals surface area contributed by atoms with Crippen LogP contribution < -0.4 is 0 Å². The molecule has 2 rings (SSSR count). The van der Waals surface area contributed by atoms with Crippen molar-refractivity contribution in [2.75, 3.05) is 26.7 Å². The van der Waals surface area contributed by atoms with Crippen LogP contribution >= 0.6 is 0 Å². The van der Waals surface area contributed by atoms with Gasteiger partial charge in [0.2, 0.25) is 0 Å². The number of esters is 1. The van der Waals surface area contributed by atoms with Gasteiger partial charge in [-0.15, -0.1) is 0 Å². The van der Waals surface area contributed by atoms with Gasteiger partial charge in [-0.05, 0) is 38.0 Å². The largest absolute Gasteiger partial charge is 0.467 e. The Kier molecular flexibility index (Phi) is 4.66. The van der Waals surface area contributed by atoms with E-state index in [4.69, 9.17) is 4.74 Å². The van der Waals surface area contributed by atoms with Crippen molar-refractivity contribution in [1.82, 2.24) is 9.80 Å². The third-order valence-corrected chi connectivity index (χ3v) is 4.28. The molecule has 2 aliphatic heterocycles. The third-order valence-electron chi connectivity index (χ3n) is 4.28. The number of rotatable bonds is 1. The first kappa shape index (κ1) is 14.2. The van der Waals surface area contributed by atoms with E-state index in [0.717, 1.165) is 45.2 Å². The molecule has 0 aromatic heterocycles. The molecule has 0 N–H and O–H groups in total. The van der Waals surface area contributed by atoms with E-state index in [-0.39, 0.29) is 18.0 Å². The SMILES string of the molecule is COC(=O)[C@H]1CCCCN1C(=O)N1CCC(C)CC1. The molecule has 2 aliphatic rings. The fourth-order valence-corrected chi connectivity index (χ4v) is 2.92. The maximum absolute atomic E-state index is 12.5. The number of carbonyl (C=O) groups is 2. The third kappa shape index (κ3) is 3.19. The van der Waals surface area contributed by atoms with Crippen molar-refractivity contribution in [2.45, 2.75) is 45.1 Å². The van der Waals surface area contributed by atoms with E-state index in [9.17, 15) is 9.59 Å². The van der Waals surface area contributed by atoms with Gasteiger partial charge in [-0.25, -0.2) is 9.59 Å². The summed E-state index contributed by atoms with van der Waals surface area (Å²) in [6.45, 7) is 4.51. The molecule has 0 radical (unpaired) electrons. The van der Waals surface area contributed by atoms with Gasteiger partial charge in [0.05, 0.1) is 7.11 Å². The predicted molar refractivity (Wildman–Crippen MR) is 71.7 cm³/mol. The quantitative estimate of drug-likeness (QED) is 0.682. The molecule has 2 heterocycles. The molecule has 2 fully saturated rings. The van der Waals surface area contributed by atoms with E-state index < -0.39 is 0 Å². The van der Waals surface area contributed by atoms with Crippen molar-refractivity contribution < 1.29 is 14.3 Å². The van der Waals surface area contributed by atoms with Crippen molar-refractivity contribution in [3.8, 4) is 0 Å². The maximum Gasteiger partial charge on any atom is 0.328 e. The summed E-state index contributed by atoms with van der Waals surface area (Å²) >= 11 is 0. The van der Waals surface area contributed by atoms with Crippen LogP contribution in [0, 0.1) is 5.92 Å². The molecule has 5 nitrogen and oxygen atoms in total. The zero-order valence-corrected chi connectivity index (χ0v) is 11.9. The Hall–Kier alpha value is -1.26. The number of piperidine rings is 2. The second kappa shape index (κ2) is 6.26. The number of likely N-dealkylation sites (tertiary alicyclic amines) is 2. The average Bonchev–Trinajstić information content (AvgIpc) is 2.46. The zero-order chi connectivity index (χ0) is 13.8. The van der Waals surface area contributed by atoms with Crippen molar-refractivity contribution in [1.29, 1.82) is 0 Å². The number of ether oxygens (including phenoxy) is 1. The summed E-state index contributed by atoms with van der Waals surface area (Å²) in [5, 5.41) is 0. The van der Waals surface area contributed by atoms with E-state index in [1.807, 2.05) is 4.90 Å². The van der Waals surface area contributed by atoms with Gasteiger partial charge in [0.1, 0.15) is 6.04 Å². The standard InChI is InChI=1S/C14H24N2O3/c1-11-6-9-15(10-7-11)14(18)16-8-4-3-5-12(16)13(17)19-2/h11-12H,3-10H2,1-2H3/t12-/m1/s1. The van der Waals surface area contributed by atoms with E-state index in [0.29, 0.717) is 12.5 Å². The van der Waals surface area contributed by atoms with Crippen molar-refractivity contribution in [3.05, 3.63) is 0 Å². The van der Waals surface area contributed by atoms with E-state index in [1.54, 1.807) is 4.90 Å². The van der Waals surface area contributed by atoms with Crippen LogP contribution in [0.5, 0.6) is 0 Å². The average molecular weight is 268 g/mol. The molecule has 0 aliphatic carbocycles. The minimum Gasteiger partial charge on any atom is -0.467 e. The lowest BCUT2D eigenvalue weighted by Crippen LogP contribution is -2.54. The van der Waals surface area contributed by atoms with Crippen LogP contribution in [0.1, 0.15) is 39.0 Å². The van der Waals surface area contributed by atoms with Crippen LogP contribution in [-0.4, -0.2) is 54.6 Å². The first-order valence-corrected chi connectivity index (χ1v) is 7.27. The zero-order valence-electron chi connectivity index (χ0n) is 11.9. The Bertz CT molecular complexity index is 338. The molecule has 0 unspecified atom stereocenters. The highest BCUT2D eigenvalue weighted by molar-refractivity contribution is 5.84. The Morgan fingerprint density at radius 3 is 2.37 bits per heavy atom. The minimum atomic E-state index is -0.384. The van der Waals surface area contributed by atoms with Crippen molar-refractivity contribution >= 4 is 12.0 Å². The van der Waals surface area contributed by atoms with Crippen LogP contribution in [0.4, 0.5) is 4.79 Å². The molecule has 0 saturated carbocycles. The molecule has 2 amide bonds. The highest BCUT2D eigenvalue weighted by Crippen LogP contribution is 2.23. The molecule has 0 aromatic carbocycles. The summed E-state index contributed by atoms with van der Waals surface area (Å²) < 4.78 is 4.82. The molecular formula is C14H24N2O3. The smallest absolute Gasteiger partial charge is 0.328 e. The van der Waals surface area contributed by atoms with Crippen LogP contribution in [0.25, 0.3) is 0 Å². The summed E-state index contributed by atoms with van der Waals surface area (Å²) in [5.41, 5.74) is 0. The minimum absolute atomic E-state index is 0.0157. The Labute approximate surface area is 114 Å². The monoisotopic (exact) mass is 268 g/mol. The summed E-state index contributed by atoms with van der Waals surface area (Å²) in [7, 11) is 1.39. The van der Waals surface area contributed by atoms with Crippen LogP contribution in [-0.2, 0) is 9.53 Å². The van der Waals surface area contributed by atoms with Gasteiger partial charge < -0.3 is 14.5 Å². The molecule has 2 saturated heterocycles.